The Kier molecular flexibility index (Phi) is 3.67. The third-order valence-corrected chi connectivity index (χ3v) is 4.06. The normalized spacial score (nSPS) is 13.2. The van der Waals surface area contributed by atoms with Crippen LogP contribution in [0.1, 0.15) is 32.8 Å². The lowest BCUT2D eigenvalue weighted by molar-refractivity contribution is 0.511. The Balaban J connectivity index is 2.24. The van der Waals surface area contributed by atoms with Gasteiger partial charge >= 0.3 is 0 Å². The van der Waals surface area contributed by atoms with E-state index in [2.05, 4.69) is 56.2 Å². The summed E-state index contributed by atoms with van der Waals surface area (Å²) in [4.78, 5) is 4.65. The smallest absolute Gasteiger partial charge is 0.184 e. The van der Waals surface area contributed by atoms with E-state index in [0.717, 1.165) is 17.1 Å². The molecule has 0 fully saturated rings. The van der Waals surface area contributed by atoms with Gasteiger partial charge in [-0.3, -0.25) is 0 Å². The molecule has 1 aromatic heterocycles. The van der Waals surface area contributed by atoms with E-state index in [1.54, 1.807) is 11.3 Å². The van der Waals surface area contributed by atoms with Gasteiger partial charge in [0, 0.05) is 6.04 Å². The zero-order valence-electron chi connectivity index (χ0n) is 10.9. The predicted molar refractivity (Wildman–Crippen MR) is 76.9 cm³/mol. The first-order valence-corrected chi connectivity index (χ1v) is 7.05. The first kappa shape index (κ1) is 12.4. The van der Waals surface area contributed by atoms with E-state index in [4.69, 9.17) is 0 Å². The van der Waals surface area contributed by atoms with Crippen molar-refractivity contribution in [1.82, 2.24) is 4.98 Å². The Hall–Kier alpha value is -1.09. The van der Waals surface area contributed by atoms with Crippen LogP contribution in [0.3, 0.4) is 0 Å². The Morgan fingerprint density at radius 1 is 1.35 bits per heavy atom. The van der Waals surface area contributed by atoms with E-state index in [0.29, 0.717) is 12.0 Å². The zero-order valence-corrected chi connectivity index (χ0v) is 11.8. The van der Waals surface area contributed by atoms with Gasteiger partial charge in [-0.2, -0.15) is 0 Å². The molecule has 2 nitrogen and oxygen atoms in total. The molecule has 0 aliphatic heterocycles. The van der Waals surface area contributed by atoms with Crippen molar-refractivity contribution in [2.75, 3.05) is 5.32 Å². The minimum atomic E-state index is 0.511. The van der Waals surface area contributed by atoms with Crippen molar-refractivity contribution in [3.05, 3.63) is 23.8 Å². The molecule has 17 heavy (non-hydrogen) atoms. The maximum Gasteiger partial charge on any atom is 0.184 e. The fourth-order valence-electron chi connectivity index (χ4n) is 2.00. The van der Waals surface area contributed by atoms with Crippen LogP contribution in [0.15, 0.2) is 18.2 Å². The van der Waals surface area contributed by atoms with Crippen LogP contribution in [0.5, 0.6) is 0 Å². The fourth-order valence-corrected chi connectivity index (χ4v) is 2.91. The molecule has 3 heteroatoms. The average molecular weight is 248 g/mol. The fraction of sp³-hybridized carbons (Fsp3) is 0.500. The third kappa shape index (κ3) is 2.78. The molecule has 0 bridgehead atoms. The van der Waals surface area contributed by atoms with Crippen LogP contribution in [0.4, 0.5) is 5.13 Å². The highest BCUT2D eigenvalue weighted by Crippen LogP contribution is 2.28. The van der Waals surface area contributed by atoms with Gasteiger partial charge in [-0.05, 0) is 37.0 Å². The molecule has 1 heterocycles. The van der Waals surface area contributed by atoms with Crippen molar-refractivity contribution >= 4 is 26.7 Å². The molecule has 0 saturated heterocycles. The molecule has 2 aromatic rings. The summed E-state index contributed by atoms with van der Waals surface area (Å²) in [5, 5.41) is 4.59. The van der Waals surface area contributed by atoms with Gasteiger partial charge in [-0.15, -0.1) is 0 Å². The van der Waals surface area contributed by atoms with Crippen LogP contribution in [0.2, 0.25) is 0 Å². The van der Waals surface area contributed by atoms with E-state index < -0.39 is 0 Å². The lowest BCUT2D eigenvalue weighted by Gasteiger charge is -2.19. The Bertz CT molecular complexity index is 502. The molecular weight excluding hydrogens is 228 g/mol. The number of aromatic nitrogens is 1. The van der Waals surface area contributed by atoms with Crippen molar-refractivity contribution in [3.63, 3.8) is 0 Å². The minimum absolute atomic E-state index is 0.511. The van der Waals surface area contributed by atoms with Gasteiger partial charge in [0.15, 0.2) is 5.13 Å². The number of anilines is 1. The number of nitrogens with one attached hydrogen (secondary N) is 1. The van der Waals surface area contributed by atoms with Gasteiger partial charge in [0.2, 0.25) is 0 Å². The highest BCUT2D eigenvalue weighted by molar-refractivity contribution is 7.22. The number of benzene rings is 1. The first-order valence-electron chi connectivity index (χ1n) is 6.24. The molecule has 0 saturated carbocycles. The van der Waals surface area contributed by atoms with E-state index >= 15 is 0 Å². The molecule has 2 rings (SSSR count). The average Bonchev–Trinajstić information content (AvgIpc) is 2.66. The number of fused-ring (bicyclic) bond motifs is 1. The standard InChI is InChI=1S/C14H20N2S/c1-5-11(9(2)3)15-14-16-12-8-10(4)6-7-13(12)17-14/h6-9,11H,5H2,1-4H3,(H,15,16). The van der Waals surface area contributed by atoms with Crippen LogP contribution in [0.25, 0.3) is 10.2 Å². The molecule has 0 radical (unpaired) electrons. The molecule has 1 aromatic carbocycles. The highest BCUT2D eigenvalue weighted by atomic mass is 32.1. The number of hydrogen-bond acceptors (Lipinski definition) is 3. The number of nitrogens with zero attached hydrogens (tertiary/aromatic N) is 1. The SMILES string of the molecule is CCC(Nc1nc2cc(C)ccc2s1)C(C)C. The Morgan fingerprint density at radius 2 is 2.12 bits per heavy atom. The molecule has 0 amide bonds. The molecule has 1 N–H and O–H groups in total. The summed E-state index contributed by atoms with van der Waals surface area (Å²) in [6.07, 6.45) is 1.13. The van der Waals surface area contributed by atoms with Gasteiger partial charge < -0.3 is 5.32 Å². The summed E-state index contributed by atoms with van der Waals surface area (Å²) in [6, 6.07) is 6.96. The van der Waals surface area contributed by atoms with E-state index in [9.17, 15) is 0 Å². The second kappa shape index (κ2) is 5.05. The number of thiazole rings is 1. The first-order chi connectivity index (χ1) is 8.10. The van der Waals surface area contributed by atoms with Crippen molar-refractivity contribution < 1.29 is 0 Å². The summed E-state index contributed by atoms with van der Waals surface area (Å²) in [6.45, 7) is 8.82. The predicted octanol–water partition coefficient (Wildman–Crippen LogP) is 4.45. The second-order valence-corrected chi connectivity index (χ2v) is 5.92. The second-order valence-electron chi connectivity index (χ2n) is 4.89. The number of aryl methyl sites for hydroxylation is 1. The molecule has 0 spiro atoms. The van der Waals surface area contributed by atoms with Crippen LogP contribution >= 0.6 is 11.3 Å². The summed E-state index contributed by atoms with van der Waals surface area (Å²) in [7, 11) is 0. The van der Waals surface area contributed by atoms with Crippen molar-refractivity contribution in [2.24, 2.45) is 5.92 Å². The van der Waals surface area contributed by atoms with Gasteiger partial charge in [0.25, 0.3) is 0 Å². The number of hydrogen-bond donors (Lipinski definition) is 1. The minimum Gasteiger partial charge on any atom is -0.359 e. The van der Waals surface area contributed by atoms with E-state index in [1.807, 2.05) is 0 Å². The summed E-state index contributed by atoms with van der Waals surface area (Å²) in [5.74, 6) is 0.633. The molecule has 1 atom stereocenters. The number of rotatable bonds is 4. The highest BCUT2D eigenvalue weighted by Gasteiger charge is 2.13. The van der Waals surface area contributed by atoms with E-state index in [-0.39, 0.29) is 0 Å². The summed E-state index contributed by atoms with van der Waals surface area (Å²) < 4.78 is 1.26. The monoisotopic (exact) mass is 248 g/mol. The molecule has 92 valence electrons. The summed E-state index contributed by atoms with van der Waals surface area (Å²) in [5.41, 5.74) is 2.38. The van der Waals surface area contributed by atoms with Crippen LogP contribution in [-0.2, 0) is 0 Å². The van der Waals surface area contributed by atoms with Crippen LogP contribution in [0, 0.1) is 12.8 Å². The quantitative estimate of drug-likeness (QED) is 0.864. The van der Waals surface area contributed by atoms with Crippen molar-refractivity contribution in [1.29, 1.82) is 0 Å². The topological polar surface area (TPSA) is 24.9 Å². The Labute approximate surface area is 107 Å². The van der Waals surface area contributed by atoms with Gasteiger partial charge in [0.05, 0.1) is 10.2 Å². The van der Waals surface area contributed by atoms with Gasteiger partial charge in [0.1, 0.15) is 0 Å². The van der Waals surface area contributed by atoms with E-state index in [1.165, 1.54) is 10.3 Å². The lowest BCUT2D eigenvalue weighted by Crippen LogP contribution is -2.24. The molecule has 0 aliphatic carbocycles. The lowest BCUT2D eigenvalue weighted by atomic mass is 10.0. The van der Waals surface area contributed by atoms with Crippen LogP contribution in [-0.4, -0.2) is 11.0 Å². The molecule has 1 unspecified atom stereocenters. The Morgan fingerprint density at radius 3 is 2.76 bits per heavy atom. The third-order valence-electron chi connectivity index (χ3n) is 3.10. The van der Waals surface area contributed by atoms with Gasteiger partial charge in [-0.25, -0.2) is 4.98 Å². The zero-order chi connectivity index (χ0) is 12.4. The maximum atomic E-state index is 4.65. The largest absolute Gasteiger partial charge is 0.359 e. The molecule has 0 aliphatic rings. The maximum absolute atomic E-state index is 4.65. The summed E-state index contributed by atoms with van der Waals surface area (Å²) >= 11 is 1.74. The van der Waals surface area contributed by atoms with Crippen LogP contribution < -0.4 is 5.32 Å². The molecular formula is C14H20N2S. The van der Waals surface area contributed by atoms with Crippen molar-refractivity contribution in [3.8, 4) is 0 Å². The van der Waals surface area contributed by atoms with Gasteiger partial charge in [-0.1, -0.05) is 38.2 Å². The van der Waals surface area contributed by atoms with Crippen molar-refractivity contribution in [2.45, 2.75) is 40.2 Å².